The van der Waals surface area contributed by atoms with E-state index in [4.69, 9.17) is 21.4 Å². The van der Waals surface area contributed by atoms with E-state index in [9.17, 15) is 14.4 Å². The van der Waals surface area contributed by atoms with Crippen LogP contribution in [0.15, 0.2) is 54.1 Å². The fraction of sp³-hybridized carbons (Fsp3) is 0.0556. The zero-order chi connectivity index (χ0) is 17.7. The SMILES string of the molecule is COc1ccc(/C=C(\C(=O)C(=O)O)C(=O)c2ccccc2Cl)cc1. The minimum Gasteiger partial charge on any atom is -0.497 e. The molecule has 6 heteroatoms. The summed E-state index contributed by atoms with van der Waals surface area (Å²) in [7, 11) is 1.51. The smallest absolute Gasteiger partial charge is 0.377 e. The third kappa shape index (κ3) is 3.88. The lowest BCUT2D eigenvalue weighted by Gasteiger charge is -2.06. The second-order valence-corrected chi connectivity index (χ2v) is 5.18. The largest absolute Gasteiger partial charge is 0.497 e. The van der Waals surface area contributed by atoms with Gasteiger partial charge in [0.2, 0.25) is 0 Å². The second-order valence-electron chi connectivity index (χ2n) is 4.77. The van der Waals surface area contributed by atoms with E-state index < -0.39 is 23.1 Å². The van der Waals surface area contributed by atoms with Crippen LogP contribution in [0.3, 0.4) is 0 Å². The van der Waals surface area contributed by atoms with Gasteiger partial charge in [-0.25, -0.2) is 4.79 Å². The molecule has 0 heterocycles. The summed E-state index contributed by atoms with van der Waals surface area (Å²) >= 11 is 5.97. The van der Waals surface area contributed by atoms with Crippen LogP contribution in [-0.4, -0.2) is 29.8 Å². The molecule has 2 aromatic rings. The molecule has 2 aromatic carbocycles. The fourth-order valence-corrected chi connectivity index (χ4v) is 2.23. The number of hydrogen-bond acceptors (Lipinski definition) is 4. The van der Waals surface area contributed by atoms with E-state index in [-0.39, 0.29) is 10.6 Å². The van der Waals surface area contributed by atoms with Crippen molar-refractivity contribution in [2.24, 2.45) is 0 Å². The Labute approximate surface area is 143 Å². The molecule has 0 atom stereocenters. The lowest BCUT2D eigenvalue weighted by atomic mass is 9.97. The van der Waals surface area contributed by atoms with E-state index in [1.807, 2.05) is 0 Å². The zero-order valence-electron chi connectivity index (χ0n) is 12.7. The van der Waals surface area contributed by atoms with Gasteiger partial charge in [-0.3, -0.25) is 9.59 Å². The molecule has 0 unspecified atom stereocenters. The molecule has 0 aliphatic carbocycles. The number of aliphatic carboxylic acids is 1. The normalized spacial score (nSPS) is 11.0. The first-order chi connectivity index (χ1) is 11.4. The van der Waals surface area contributed by atoms with Gasteiger partial charge in [-0.1, -0.05) is 35.9 Å². The first-order valence-corrected chi connectivity index (χ1v) is 7.24. The number of benzene rings is 2. The topological polar surface area (TPSA) is 80.7 Å². The monoisotopic (exact) mass is 344 g/mol. The summed E-state index contributed by atoms with van der Waals surface area (Å²) in [4.78, 5) is 35.6. The van der Waals surface area contributed by atoms with Crippen LogP contribution < -0.4 is 4.74 Å². The van der Waals surface area contributed by atoms with Gasteiger partial charge in [0.15, 0.2) is 5.78 Å². The van der Waals surface area contributed by atoms with Crippen molar-refractivity contribution in [2.45, 2.75) is 0 Å². The number of hydrogen-bond donors (Lipinski definition) is 1. The number of ether oxygens (including phenoxy) is 1. The lowest BCUT2D eigenvalue weighted by Crippen LogP contribution is -2.21. The molecule has 1 N–H and O–H groups in total. The highest BCUT2D eigenvalue weighted by Crippen LogP contribution is 2.21. The Balaban J connectivity index is 2.50. The molecule has 2 rings (SSSR count). The molecule has 0 aliphatic heterocycles. The number of carboxylic acid groups (broad SMARTS) is 1. The first-order valence-electron chi connectivity index (χ1n) is 6.86. The summed E-state index contributed by atoms with van der Waals surface area (Å²) in [6, 6.07) is 12.6. The molecule has 0 radical (unpaired) electrons. The van der Waals surface area contributed by atoms with Gasteiger partial charge in [-0.05, 0) is 35.9 Å². The molecule has 24 heavy (non-hydrogen) atoms. The number of methoxy groups -OCH3 is 1. The summed E-state index contributed by atoms with van der Waals surface area (Å²) in [6.45, 7) is 0. The summed E-state index contributed by atoms with van der Waals surface area (Å²) in [5.74, 6) is -3.16. The molecule has 0 aromatic heterocycles. The Bertz CT molecular complexity index is 822. The molecule has 5 nitrogen and oxygen atoms in total. The number of carboxylic acids is 1. The van der Waals surface area contributed by atoms with Crippen molar-refractivity contribution in [2.75, 3.05) is 7.11 Å². The number of carbonyl (C=O) groups excluding carboxylic acids is 2. The maximum Gasteiger partial charge on any atom is 0.377 e. The van der Waals surface area contributed by atoms with Gasteiger partial charge >= 0.3 is 5.97 Å². The number of Topliss-reactive ketones (excluding diaryl/α,β-unsaturated/α-hetero) is 2. The molecule has 0 spiro atoms. The summed E-state index contributed by atoms with van der Waals surface area (Å²) < 4.78 is 5.03. The van der Waals surface area contributed by atoms with Crippen molar-refractivity contribution in [3.63, 3.8) is 0 Å². The van der Waals surface area contributed by atoms with Crippen molar-refractivity contribution in [3.8, 4) is 5.75 Å². The zero-order valence-corrected chi connectivity index (χ0v) is 13.4. The van der Waals surface area contributed by atoms with Crippen molar-refractivity contribution in [1.82, 2.24) is 0 Å². The van der Waals surface area contributed by atoms with E-state index in [0.717, 1.165) is 0 Å². The van der Waals surface area contributed by atoms with Gasteiger partial charge in [0.05, 0.1) is 17.7 Å². The van der Waals surface area contributed by atoms with Gasteiger partial charge in [0.25, 0.3) is 5.78 Å². The van der Waals surface area contributed by atoms with Gasteiger partial charge in [0, 0.05) is 5.56 Å². The Kier molecular flexibility index (Phi) is 5.50. The van der Waals surface area contributed by atoms with Crippen molar-refractivity contribution in [3.05, 3.63) is 70.3 Å². The van der Waals surface area contributed by atoms with Crippen molar-refractivity contribution in [1.29, 1.82) is 0 Å². The summed E-state index contributed by atoms with van der Waals surface area (Å²) in [6.07, 6.45) is 1.22. The van der Waals surface area contributed by atoms with Crippen molar-refractivity contribution < 1.29 is 24.2 Å². The average molecular weight is 345 g/mol. The van der Waals surface area contributed by atoms with Crippen LogP contribution in [0.4, 0.5) is 0 Å². The second kappa shape index (κ2) is 7.57. The van der Waals surface area contributed by atoms with E-state index in [1.165, 1.54) is 25.3 Å². The Morgan fingerprint density at radius 2 is 1.67 bits per heavy atom. The maximum absolute atomic E-state index is 12.6. The summed E-state index contributed by atoms with van der Waals surface area (Å²) in [5.41, 5.74) is 0.0788. The van der Waals surface area contributed by atoms with Crippen LogP contribution in [-0.2, 0) is 9.59 Å². The summed E-state index contributed by atoms with van der Waals surface area (Å²) in [5, 5.41) is 9.12. The van der Waals surface area contributed by atoms with Gasteiger partial charge in [-0.2, -0.15) is 0 Å². The Morgan fingerprint density at radius 3 is 2.21 bits per heavy atom. The molecule has 0 aliphatic rings. The van der Waals surface area contributed by atoms with Crippen LogP contribution in [0.25, 0.3) is 6.08 Å². The standard InChI is InChI=1S/C18H13ClO5/c1-24-12-8-6-11(7-9-12)10-14(17(21)18(22)23)16(20)13-4-2-3-5-15(13)19/h2-10H,1H3,(H,22,23)/b14-10-. The van der Waals surface area contributed by atoms with Gasteiger partial charge in [-0.15, -0.1) is 0 Å². The van der Waals surface area contributed by atoms with Crippen molar-refractivity contribution >= 4 is 35.2 Å². The Morgan fingerprint density at radius 1 is 1.04 bits per heavy atom. The minimum atomic E-state index is -1.71. The third-order valence-corrected chi connectivity index (χ3v) is 3.56. The predicted molar refractivity (Wildman–Crippen MR) is 89.4 cm³/mol. The highest BCUT2D eigenvalue weighted by molar-refractivity contribution is 6.50. The quantitative estimate of drug-likeness (QED) is 0.286. The molecule has 122 valence electrons. The molecular formula is C18H13ClO5. The van der Waals surface area contributed by atoms with Crippen LogP contribution in [0.1, 0.15) is 15.9 Å². The molecule has 0 saturated heterocycles. The number of carbonyl (C=O) groups is 3. The van der Waals surface area contributed by atoms with Crippen LogP contribution >= 0.6 is 11.6 Å². The lowest BCUT2D eigenvalue weighted by molar-refractivity contribution is -0.147. The van der Waals surface area contributed by atoms with E-state index >= 15 is 0 Å². The van der Waals surface area contributed by atoms with Crippen LogP contribution in [0, 0.1) is 0 Å². The maximum atomic E-state index is 12.6. The number of halogens is 1. The molecular weight excluding hydrogens is 332 g/mol. The van der Waals surface area contributed by atoms with Gasteiger partial charge < -0.3 is 9.84 Å². The average Bonchev–Trinajstić information content (AvgIpc) is 2.59. The minimum absolute atomic E-state index is 0.0635. The number of rotatable bonds is 6. The first kappa shape index (κ1) is 17.4. The Hall–Kier alpha value is -2.92. The highest BCUT2D eigenvalue weighted by atomic mass is 35.5. The van der Waals surface area contributed by atoms with Crippen LogP contribution in [0.2, 0.25) is 5.02 Å². The van der Waals surface area contributed by atoms with E-state index in [2.05, 4.69) is 0 Å². The van der Waals surface area contributed by atoms with E-state index in [1.54, 1.807) is 36.4 Å². The molecule has 0 bridgehead atoms. The van der Waals surface area contributed by atoms with Gasteiger partial charge in [0.1, 0.15) is 5.75 Å². The fourth-order valence-electron chi connectivity index (χ4n) is 2.01. The third-order valence-electron chi connectivity index (χ3n) is 3.23. The van der Waals surface area contributed by atoms with Crippen LogP contribution in [0.5, 0.6) is 5.75 Å². The molecule has 0 saturated carbocycles. The van der Waals surface area contributed by atoms with E-state index in [0.29, 0.717) is 11.3 Å². The number of ketones is 2. The molecule has 0 fully saturated rings. The highest BCUT2D eigenvalue weighted by Gasteiger charge is 2.26. The molecule has 0 amide bonds. The predicted octanol–water partition coefficient (Wildman–Crippen LogP) is 3.27.